The summed E-state index contributed by atoms with van der Waals surface area (Å²) in [6, 6.07) is 1.74. The van der Waals surface area contributed by atoms with Crippen LogP contribution in [0.2, 0.25) is 0 Å². The van der Waals surface area contributed by atoms with Crippen LogP contribution in [0.4, 0.5) is 0 Å². The smallest absolute Gasteiger partial charge is 0.322 e. The monoisotopic (exact) mass is 254 g/mol. The topological polar surface area (TPSA) is 41.6 Å². The van der Waals surface area contributed by atoms with Crippen molar-refractivity contribution in [2.75, 3.05) is 14.2 Å². The Morgan fingerprint density at radius 3 is 2.50 bits per heavy atom. The molecular formula is C14H26N2O2. The Labute approximate surface area is 110 Å². The summed E-state index contributed by atoms with van der Waals surface area (Å²) in [5.41, 5.74) is 0. The summed E-state index contributed by atoms with van der Waals surface area (Å²) in [5, 5.41) is 3.50. The fourth-order valence-corrected chi connectivity index (χ4v) is 3.53. The van der Waals surface area contributed by atoms with Crippen molar-refractivity contribution in [3.05, 3.63) is 0 Å². The number of nitrogens with zero attached hydrogens (tertiary/aromatic N) is 1. The molecule has 3 atom stereocenters. The van der Waals surface area contributed by atoms with Gasteiger partial charge in [0.25, 0.3) is 0 Å². The van der Waals surface area contributed by atoms with Gasteiger partial charge >= 0.3 is 5.97 Å². The number of hydrogen-bond donors (Lipinski definition) is 1. The van der Waals surface area contributed by atoms with Gasteiger partial charge in [0.1, 0.15) is 6.04 Å². The third-order valence-electron chi connectivity index (χ3n) is 4.67. The first-order valence-corrected chi connectivity index (χ1v) is 7.21. The number of ether oxygens (including phenoxy) is 1. The minimum Gasteiger partial charge on any atom is -0.468 e. The van der Waals surface area contributed by atoms with Crippen LogP contribution in [0.3, 0.4) is 0 Å². The largest absolute Gasteiger partial charge is 0.468 e. The molecule has 0 aromatic rings. The summed E-state index contributed by atoms with van der Waals surface area (Å²) in [6.45, 7) is 2.03. The van der Waals surface area contributed by atoms with E-state index in [1.165, 1.54) is 39.2 Å². The lowest BCUT2D eigenvalue weighted by Crippen LogP contribution is -2.56. The van der Waals surface area contributed by atoms with Crippen molar-refractivity contribution >= 4 is 5.97 Å². The van der Waals surface area contributed by atoms with Gasteiger partial charge in [0.15, 0.2) is 0 Å². The molecule has 0 aromatic heterocycles. The standard InChI is InChI=1S/C14H26N2O2/c1-4-13(14(17)18-3)15-10-8-11-6-5-7-12(9-10)16(11)2/h10-13,15H,4-9H2,1-3H3. The number of fused-ring (bicyclic) bond motifs is 2. The number of carbonyl (C=O) groups excluding carboxylic acids is 1. The Kier molecular flexibility index (Phi) is 4.62. The molecule has 2 bridgehead atoms. The van der Waals surface area contributed by atoms with Gasteiger partial charge in [-0.1, -0.05) is 13.3 Å². The van der Waals surface area contributed by atoms with Crippen molar-refractivity contribution < 1.29 is 9.53 Å². The number of carbonyl (C=O) groups is 1. The molecule has 104 valence electrons. The fourth-order valence-electron chi connectivity index (χ4n) is 3.53. The Morgan fingerprint density at radius 2 is 2.00 bits per heavy atom. The molecule has 2 fully saturated rings. The molecule has 0 spiro atoms. The third-order valence-corrected chi connectivity index (χ3v) is 4.67. The zero-order chi connectivity index (χ0) is 13.1. The second-order valence-corrected chi connectivity index (χ2v) is 5.72. The molecular weight excluding hydrogens is 228 g/mol. The fraction of sp³-hybridized carbons (Fsp3) is 0.929. The van der Waals surface area contributed by atoms with Crippen LogP contribution >= 0.6 is 0 Å². The average Bonchev–Trinajstić information content (AvgIpc) is 2.36. The van der Waals surface area contributed by atoms with Gasteiger partial charge < -0.3 is 15.0 Å². The van der Waals surface area contributed by atoms with Crippen LogP contribution in [0.25, 0.3) is 0 Å². The van der Waals surface area contributed by atoms with Gasteiger partial charge in [-0.25, -0.2) is 0 Å². The van der Waals surface area contributed by atoms with E-state index in [1.54, 1.807) is 0 Å². The summed E-state index contributed by atoms with van der Waals surface area (Å²) in [7, 11) is 3.72. The van der Waals surface area contributed by atoms with Gasteiger partial charge in [-0.05, 0) is 39.2 Å². The predicted molar refractivity (Wildman–Crippen MR) is 71.4 cm³/mol. The molecule has 4 heteroatoms. The van der Waals surface area contributed by atoms with E-state index >= 15 is 0 Å². The molecule has 0 aliphatic carbocycles. The van der Waals surface area contributed by atoms with E-state index in [1.807, 2.05) is 6.92 Å². The Balaban J connectivity index is 1.92. The number of methoxy groups -OCH3 is 1. The van der Waals surface area contributed by atoms with Crippen LogP contribution < -0.4 is 5.32 Å². The second-order valence-electron chi connectivity index (χ2n) is 5.72. The lowest BCUT2D eigenvalue weighted by Gasteiger charge is -2.47. The van der Waals surface area contributed by atoms with E-state index < -0.39 is 0 Å². The van der Waals surface area contributed by atoms with Crippen molar-refractivity contribution in [3.63, 3.8) is 0 Å². The third kappa shape index (κ3) is 2.86. The highest BCUT2D eigenvalue weighted by Gasteiger charge is 2.37. The van der Waals surface area contributed by atoms with Crippen molar-refractivity contribution in [2.24, 2.45) is 0 Å². The summed E-state index contributed by atoms with van der Waals surface area (Å²) in [6.07, 6.45) is 7.11. The lowest BCUT2D eigenvalue weighted by molar-refractivity contribution is -0.143. The van der Waals surface area contributed by atoms with Gasteiger partial charge in [0.2, 0.25) is 0 Å². The van der Waals surface area contributed by atoms with Crippen molar-refractivity contribution in [1.29, 1.82) is 0 Å². The van der Waals surface area contributed by atoms with Gasteiger partial charge in [0.05, 0.1) is 7.11 Å². The van der Waals surface area contributed by atoms with E-state index in [9.17, 15) is 4.79 Å². The highest BCUT2D eigenvalue weighted by Crippen LogP contribution is 2.32. The van der Waals surface area contributed by atoms with Crippen LogP contribution in [0, 0.1) is 0 Å². The predicted octanol–water partition coefficient (Wildman–Crippen LogP) is 1.54. The molecule has 4 nitrogen and oxygen atoms in total. The Morgan fingerprint density at radius 1 is 1.39 bits per heavy atom. The van der Waals surface area contributed by atoms with E-state index in [0.29, 0.717) is 18.1 Å². The van der Waals surface area contributed by atoms with Crippen molar-refractivity contribution in [3.8, 4) is 0 Å². The molecule has 2 rings (SSSR count). The summed E-state index contributed by atoms with van der Waals surface area (Å²) < 4.78 is 4.85. The molecule has 3 unspecified atom stereocenters. The van der Waals surface area contributed by atoms with Gasteiger partial charge in [0, 0.05) is 18.1 Å². The van der Waals surface area contributed by atoms with Crippen molar-refractivity contribution in [1.82, 2.24) is 10.2 Å². The molecule has 2 aliphatic rings. The molecule has 2 saturated heterocycles. The number of esters is 1. The van der Waals surface area contributed by atoms with Gasteiger partial charge in [-0.15, -0.1) is 0 Å². The second kappa shape index (κ2) is 6.02. The van der Waals surface area contributed by atoms with Crippen LogP contribution in [-0.4, -0.2) is 49.2 Å². The van der Waals surface area contributed by atoms with E-state index in [0.717, 1.165) is 6.42 Å². The first kappa shape index (κ1) is 13.8. The van der Waals surface area contributed by atoms with Gasteiger partial charge in [-0.2, -0.15) is 0 Å². The van der Waals surface area contributed by atoms with E-state index in [-0.39, 0.29) is 12.0 Å². The summed E-state index contributed by atoms with van der Waals surface area (Å²) in [4.78, 5) is 14.2. The van der Waals surface area contributed by atoms with Gasteiger partial charge in [-0.3, -0.25) is 4.79 Å². The normalized spacial score (nSPS) is 34.1. The molecule has 0 radical (unpaired) electrons. The maximum atomic E-state index is 11.6. The zero-order valence-electron chi connectivity index (χ0n) is 11.8. The highest BCUT2D eigenvalue weighted by atomic mass is 16.5. The van der Waals surface area contributed by atoms with Crippen molar-refractivity contribution in [2.45, 2.75) is 69.6 Å². The Hall–Kier alpha value is -0.610. The Bertz CT molecular complexity index is 282. The molecule has 0 saturated carbocycles. The molecule has 0 amide bonds. The van der Waals surface area contributed by atoms with E-state index in [4.69, 9.17) is 4.74 Å². The zero-order valence-corrected chi connectivity index (χ0v) is 11.8. The van der Waals surface area contributed by atoms with Crippen LogP contribution in [0.5, 0.6) is 0 Å². The molecule has 2 aliphatic heterocycles. The minimum absolute atomic E-state index is 0.124. The average molecular weight is 254 g/mol. The summed E-state index contributed by atoms with van der Waals surface area (Å²) >= 11 is 0. The lowest BCUT2D eigenvalue weighted by atomic mass is 9.82. The minimum atomic E-state index is -0.135. The first-order valence-electron chi connectivity index (χ1n) is 7.21. The molecule has 18 heavy (non-hydrogen) atoms. The maximum Gasteiger partial charge on any atom is 0.322 e. The number of rotatable bonds is 4. The number of piperidine rings is 2. The summed E-state index contributed by atoms with van der Waals surface area (Å²) in [5.74, 6) is -0.124. The highest BCUT2D eigenvalue weighted by molar-refractivity contribution is 5.75. The number of hydrogen-bond acceptors (Lipinski definition) is 4. The van der Waals surface area contributed by atoms with E-state index in [2.05, 4.69) is 17.3 Å². The van der Waals surface area contributed by atoms with Crippen LogP contribution in [0.1, 0.15) is 45.4 Å². The molecule has 0 aromatic carbocycles. The van der Waals surface area contributed by atoms with Crippen LogP contribution in [-0.2, 0) is 9.53 Å². The maximum absolute atomic E-state index is 11.6. The number of nitrogens with one attached hydrogen (secondary N) is 1. The quantitative estimate of drug-likeness (QED) is 0.773. The molecule has 2 heterocycles. The van der Waals surface area contributed by atoms with Crippen LogP contribution in [0.15, 0.2) is 0 Å². The first-order chi connectivity index (χ1) is 8.65. The SMILES string of the molecule is CCC(NC1CC2CCCC(C1)N2C)C(=O)OC. The molecule has 1 N–H and O–H groups in total.